The summed E-state index contributed by atoms with van der Waals surface area (Å²) >= 11 is 0. The van der Waals surface area contributed by atoms with E-state index in [9.17, 15) is 12.8 Å². The number of imidazole rings is 1. The Bertz CT molecular complexity index is 911. The van der Waals surface area contributed by atoms with E-state index in [4.69, 9.17) is 0 Å². The minimum atomic E-state index is -3.69. The van der Waals surface area contributed by atoms with Crippen molar-refractivity contribution in [3.8, 4) is 11.6 Å². The summed E-state index contributed by atoms with van der Waals surface area (Å²) in [6, 6.07) is 6.36. The first kappa shape index (κ1) is 16.2. The fourth-order valence-corrected chi connectivity index (χ4v) is 3.13. The van der Waals surface area contributed by atoms with E-state index < -0.39 is 15.8 Å². The van der Waals surface area contributed by atoms with Crippen molar-refractivity contribution in [1.82, 2.24) is 24.2 Å². The van der Waals surface area contributed by atoms with Crippen LogP contribution in [0.3, 0.4) is 0 Å². The van der Waals surface area contributed by atoms with Gasteiger partial charge in [0.05, 0.1) is 4.90 Å². The van der Waals surface area contributed by atoms with Gasteiger partial charge < -0.3 is 4.57 Å². The molecule has 9 heteroatoms. The molecule has 1 N–H and O–H groups in total. The van der Waals surface area contributed by atoms with Crippen LogP contribution in [0.1, 0.15) is 0 Å². The smallest absolute Gasteiger partial charge is 0.240 e. The molecule has 0 fully saturated rings. The molecule has 0 aliphatic carbocycles. The third-order valence-corrected chi connectivity index (χ3v) is 4.73. The highest BCUT2D eigenvalue weighted by Crippen LogP contribution is 2.12. The van der Waals surface area contributed by atoms with Gasteiger partial charge in [-0.15, -0.1) is 0 Å². The van der Waals surface area contributed by atoms with Crippen LogP contribution >= 0.6 is 0 Å². The molecule has 0 amide bonds. The average Bonchev–Trinajstić information content (AvgIpc) is 3.04. The van der Waals surface area contributed by atoms with Crippen LogP contribution in [0.4, 0.5) is 4.39 Å². The van der Waals surface area contributed by atoms with Crippen LogP contribution in [-0.2, 0) is 16.6 Å². The van der Waals surface area contributed by atoms with E-state index in [1.165, 1.54) is 12.1 Å². The quantitative estimate of drug-likeness (QED) is 0.729. The molecule has 0 atom stereocenters. The molecule has 0 spiro atoms. The lowest BCUT2D eigenvalue weighted by molar-refractivity contribution is 0.572. The first-order valence-electron chi connectivity index (χ1n) is 7.10. The number of hydrogen-bond acceptors (Lipinski definition) is 5. The van der Waals surface area contributed by atoms with E-state index in [1.54, 1.807) is 35.4 Å². The topological polar surface area (TPSA) is 89.8 Å². The lowest BCUT2D eigenvalue weighted by Gasteiger charge is -2.09. The number of nitrogens with one attached hydrogen (secondary N) is 1. The number of benzene rings is 1. The molecule has 0 unspecified atom stereocenters. The normalized spacial score (nSPS) is 11.5. The van der Waals surface area contributed by atoms with Crippen LogP contribution in [0, 0.1) is 5.82 Å². The summed E-state index contributed by atoms with van der Waals surface area (Å²) in [6.07, 6.45) is 6.54. The summed E-state index contributed by atoms with van der Waals surface area (Å²) in [5.74, 6) is 0.528. The monoisotopic (exact) mass is 347 g/mol. The minimum Gasteiger partial charge on any atom is -0.327 e. The highest BCUT2D eigenvalue weighted by atomic mass is 32.2. The second kappa shape index (κ2) is 6.85. The van der Waals surface area contributed by atoms with Crippen molar-refractivity contribution in [2.45, 2.75) is 11.4 Å². The molecule has 2 aromatic heterocycles. The summed E-state index contributed by atoms with van der Waals surface area (Å²) in [7, 11) is -3.69. The standard InChI is InChI=1S/C15H14FN5O2S/c16-12-2-4-13(5-3-12)24(22,23)20-9-11-21-10-8-19-15(21)14-17-6-1-7-18-14/h1-8,10,20H,9,11H2. The van der Waals surface area contributed by atoms with Gasteiger partial charge in [0, 0.05) is 37.9 Å². The largest absolute Gasteiger partial charge is 0.327 e. The zero-order chi connectivity index (χ0) is 17.0. The highest BCUT2D eigenvalue weighted by molar-refractivity contribution is 7.89. The molecule has 0 radical (unpaired) electrons. The minimum absolute atomic E-state index is 0.0150. The Kier molecular flexibility index (Phi) is 4.63. The van der Waals surface area contributed by atoms with Crippen LogP contribution < -0.4 is 4.72 Å². The third-order valence-electron chi connectivity index (χ3n) is 3.25. The second-order valence-corrected chi connectivity index (χ2v) is 6.64. The number of rotatable bonds is 6. The zero-order valence-electron chi connectivity index (χ0n) is 12.5. The molecule has 0 aliphatic rings. The SMILES string of the molecule is O=S(=O)(NCCn1ccnc1-c1ncccn1)c1ccc(F)cc1. The highest BCUT2D eigenvalue weighted by Gasteiger charge is 2.14. The van der Waals surface area contributed by atoms with Crippen LogP contribution in [0.25, 0.3) is 11.6 Å². The first-order chi connectivity index (χ1) is 11.6. The van der Waals surface area contributed by atoms with Crippen molar-refractivity contribution in [3.05, 3.63) is 60.9 Å². The van der Waals surface area contributed by atoms with Gasteiger partial charge in [-0.2, -0.15) is 0 Å². The molecule has 7 nitrogen and oxygen atoms in total. The Morgan fingerprint density at radius 1 is 1.04 bits per heavy atom. The number of aromatic nitrogens is 4. The number of halogens is 1. The molecule has 124 valence electrons. The van der Waals surface area contributed by atoms with Crippen molar-refractivity contribution in [3.63, 3.8) is 0 Å². The Morgan fingerprint density at radius 3 is 2.46 bits per heavy atom. The maximum absolute atomic E-state index is 12.9. The summed E-state index contributed by atoms with van der Waals surface area (Å²) in [6.45, 7) is 0.504. The van der Waals surface area contributed by atoms with Gasteiger partial charge in [0.15, 0.2) is 11.6 Å². The molecule has 3 aromatic rings. The molecule has 0 aliphatic heterocycles. The second-order valence-electron chi connectivity index (χ2n) is 4.87. The van der Waals surface area contributed by atoms with Crippen molar-refractivity contribution in [1.29, 1.82) is 0 Å². The third kappa shape index (κ3) is 3.63. The van der Waals surface area contributed by atoms with Gasteiger partial charge in [0.2, 0.25) is 10.0 Å². The van der Waals surface area contributed by atoms with Gasteiger partial charge in [0.25, 0.3) is 0 Å². The molecule has 3 rings (SSSR count). The van der Waals surface area contributed by atoms with Gasteiger partial charge in [-0.1, -0.05) is 0 Å². The van der Waals surface area contributed by atoms with Crippen molar-refractivity contribution in [2.24, 2.45) is 0 Å². The van der Waals surface area contributed by atoms with Crippen LogP contribution in [0.5, 0.6) is 0 Å². The first-order valence-corrected chi connectivity index (χ1v) is 8.58. The van der Waals surface area contributed by atoms with E-state index in [2.05, 4.69) is 19.7 Å². The summed E-state index contributed by atoms with van der Waals surface area (Å²) < 4.78 is 41.4. The Balaban J connectivity index is 1.67. The predicted octanol–water partition coefficient (Wildman–Crippen LogP) is 1.46. The number of sulfonamides is 1. The molecule has 0 saturated heterocycles. The van der Waals surface area contributed by atoms with E-state index in [0.29, 0.717) is 18.2 Å². The van der Waals surface area contributed by atoms with Gasteiger partial charge in [0.1, 0.15) is 5.82 Å². The fourth-order valence-electron chi connectivity index (χ4n) is 2.11. The molecular weight excluding hydrogens is 333 g/mol. The van der Waals surface area contributed by atoms with E-state index in [1.807, 2.05) is 0 Å². The van der Waals surface area contributed by atoms with Gasteiger partial charge in [-0.05, 0) is 30.3 Å². The lowest BCUT2D eigenvalue weighted by atomic mass is 10.4. The zero-order valence-corrected chi connectivity index (χ0v) is 13.3. The van der Waals surface area contributed by atoms with Crippen molar-refractivity contribution in [2.75, 3.05) is 6.54 Å². The molecule has 2 heterocycles. The fraction of sp³-hybridized carbons (Fsp3) is 0.133. The maximum atomic E-state index is 12.9. The summed E-state index contributed by atoms with van der Waals surface area (Å²) in [5, 5.41) is 0. The number of hydrogen-bond donors (Lipinski definition) is 1. The van der Waals surface area contributed by atoms with E-state index in [-0.39, 0.29) is 11.4 Å². The summed E-state index contributed by atoms with van der Waals surface area (Å²) in [4.78, 5) is 12.5. The summed E-state index contributed by atoms with van der Waals surface area (Å²) in [5.41, 5.74) is 0. The van der Waals surface area contributed by atoms with Crippen LogP contribution in [-0.4, -0.2) is 34.5 Å². The van der Waals surface area contributed by atoms with Crippen molar-refractivity contribution < 1.29 is 12.8 Å². The molecule has 1 aromatic carbocycles. The molecule has 0 bridgehead atoms. The van der Waals surface area contributed by atoms with Crippen molar-refractivity contribution >= 4 is 10.0 Å². The Morgan fingerprint density at radius 2 is 1.75 bits per heavy atom. The molecule has 24 heavy (non-hydrogen) atoms. The molecule has 0 saturated carbocycles. The number of nitrogens with zero attached hydrogens (tertiary/aromatic N) is 4. The lowest BCUT2D eigenvalue weighted by Crippen LogP contribution is -2.27. The van der Waals surface area contributed by atoms with E-state index in [0.717, 1.165) is 12.1 Å². The van der Waals surface area contributed by atoms with Crippen LogP contribution in [0.2, 0.25) is 0 Å². The average molecular weight is 347 g/mol. The predicted molar refractivity (Wildman–Crippen MR) is 84.8 cm³/mol. The van der Waals surface area contributed by atoms with Crippen LogP contribution in [0.15, 0.2) is 60.0 Å². The molecular formula is C15H14FN5O2S. The van der Waals surface area contributed by atoms with Gasteiger partial charge >= 0.3 is 0 Å². The van der Waals surface area contributed by atoms with E-state index >= 15 is 0 Å². The Labute approximate surface area is 138 Å². The van der Waals surface area contributed by atoms with Gasteiger partial charge in [-0.3, -0.25) is 0 Å². The Hall–Kier alpha value is -2.65. The van der Waals surface area contributed by atoms with Gasteiger partial charge in [-0.25, -0.2) is 32.5 Å². The maximum Gasteiger partial charge on any atom is 0.240 e.